The van der Waals surface area contributed by atoms with E-state index in [0.29, 0.717) is 17.1 Å². The fourth-order valence-electron chi connectivity index (χ4n) is 3.34. The summed E-state index contributed by atoms with van der Waals surface area (Å²) in [5.74, 6) is 0. The Balaban J connectivity index is 1.99. The van der Waals surface area contributed by atoms with Crippen molar-refractivity contribution in [3.63, 3.8) is 0 Å². The molecule has 2 fully saturated rings. The number of piperidine rings is 1. The first kappa shape index (κ1) is 11.9. The minimum atomic E-state index is -0.163. The zero-order valence-electron chi connectivity index (χ0n) is 10.1. The van der Waals surface area contributed by atoms with E-state index in [9.17, 15) is 5.11 Å². The number of nitrogens with two attached hydrogens (primary N) is 1. The topological polar surface area (TPSA) is 62.4 Å². The third-order valence-electron chi connectivity index (χ3n) is 4.05. The van der Waals surface area contributed by atoms with E-state index in [1.807, 2.05) is 12.3 Å². The number of hydrogen-bond acceptors (Lipinski definition) is 4. The summed E-state index contributed by atoms with van der Waals surface area (Å²) >= 11 is 5.11. The SMILES string of the molecule is NC(=S)c1ccncc1N1C2CCC1CC(O)C2. The van der Waals surface area contributed by atoms with Crippen molar-refractivity contribution >= 4 is 22.9 Å². The molecule has 2 saturated heterocycles. The predicted octanol–water partition coefficient (Wildman–Crippen LogP) is 1.21. The van der Waals surface area contributed by atoms with Crippen molar-refractivity contribution in [3.8, 4) is 0 Å². The maximum atomic E-state index is 9.84. The third kappa shape index (κ3) is 1.87. The van der Waals surface area contributed by atoms with Crippen LogP contribution in [0.1, 0.15) is 31.2 Å². The third-order valence-corrected chi connectivity index (χ3v) is 4.27. The Hall–Kier alpha value is -1.20. The molecular weight excluding hydrogens is 246 g/mol. The number of hydrogen-bond donors (Lipinski definition) is 2. The Kier molecular flexibility index (Phi) is 2.95. The average molecular weight is 263 g/mol. The zero-order valence-corrected chi connectivity index (χ0v) is 10.9. The van der Waals surface area contributed by atoms with Crippen molar-refractivity contribution in [3.05, 3.63) is 24.0 Å². The first-order valence-electron chi connectivity index (χ1n) is 6.37. The van der Waals surface area contributed by atoms with E-state index in [2.05, 4.69) is 9.88 Å². The average Bonchev–Trinajstić information content (AvgIpc) is 2.61. The minimum absolute atomic E-state index is 0.163. The van der Waals surface area contributed by atoms with Crippen LogP contribution in [0.15, 0.2) is 18.5 Å². The second kappa shape index (κ2) is 4.48. The number of thiocarbonyl (C=S) groups is 1. The van der Waals surface area contributed by atoms with Crippen LogP contribution in [0.5, 0.6) is 0 Å². The minimum Gasteiger partial charge on any atom is -0.393 e. The molecule has 18 heavy (non-hydrogen) atoms. The van der Waals surface area contributed by atoms with Crippen LogP contribution >= 0.6 is 12.2 Å². The number of nitrogens with zero attached hydrogens (tertiary/aromatic N) is 2. The molecule has 2 aliphatic heterocycles. The fraction of sp³-hybridized carbons (Fsp3) is 0.538. The van der Waals surface area contributed by atoms with Crippen molar-refractivity contribution in [1.29, 1.82) is 0 Å². The van der Waals surface area contributed by atoms with Gasteiger partial charge in [-0.1, -0.05) is 12.2 Å². The van der Waals surface area contributed by atoms with E-state index >= 15 is 0 Å². The Labute approximate surface area is 112 Å². The van der Waals surface area contributed by atoms with E-state index in [0.717, 1.165) is 36.9 Å². The van der Waals surface area contributed by atoms with Gasteiger partial charge in [-0.25, -0.2) is 0 Å². The largest absolute Gasteiger partial charge is 0.393 e. The molecule has 3 heterocycles. The monoisotopic (exact) mass is 263 g/mol. The molecule has 0 saturated carbocycles. The summed E-state index contributed by atoms with van der Waals surface area (Å²) < 4.78 is 0. The van der Waals surface area contributed by atoms with Crippen LogP contribution in [0.4, 0.5) is 5.69 Å². The molecule has 0 aliphatic carbocycles. The van der Waals surface area contributed by atoms with Gasteiger partial charge in [-0.15, -0.1) is 0 Å². The van der Waals surface area contributed by atoms with Crippen molar-refractivity contribution in [1.82, 2.24) is 4.98 Å². The van der Waals surface area contributed by atoms with Gasteiger partial charge in [0.1, 0.15) is 4.99 Å². The van der Waals surface area contributed by atoms with Gasteiger partial charge in [0.15, 0.2) is 0 Å². The molecule has 3 rings (SSSR count). The van der Waals surface area contributed by atoms with E-state index < -0.39 is 0 Å². The molecule has 2 atom stereocenters. The molecular formula is C13H17N3OS. The maximum absolute atomic E-state index is 9.84. The van der Waals surface area contributed by atoms with Gasteiger partial charge in [0.05, 0.1) is 18.0 Å². The second-order valence-corrected chi connectivity index (χ2v) is 5.61. The van der Waals surface area contributed by atoms with Gasteiger partial charge in [0.2, 0.25) is 0 Å². The molecule has 3 N–H and O–H groups in total. The highest BCUT2D eigenvalue weighted by molar-refractivity contribution is 7.80. The molecule has 1 aromatic heterocycles. The number of aliphatic hydroxyl groups is 1. The molecule has 2 unspecified atom stereocenters. The van der Waals surface area contributed by atoms with Crippen LogP contribution in [-0.2, 0) is 0 Å². The summed E-state index contributed by atoms with van der Waals surface area (Å²) in [5, 5.41) is 9.84. The van der Waals surface area contributed by atoms with Crippen LogP contribution in [0.25, 0.3) is 0 Å². The highest BCUT2D eigenvalue weighted by Gasteiger charge is 2.41. The Bertz CT molecular complexity index is 465. The standard InChI is InChI=1S/C13H17N3OS/c14-13(18)11-3-4-15-7-12(11)16-8-1-2-9(16)6-10(17)5-8/h3-4,7-10,17H,1-2,5-6H2,(H2,14,18). The summed E-state index contributed by atoms with van der Waals surface area (Å²) in [6.07, 6.45) is 7.34. The number of aromatic nitrogens is 1. The van der Waals surface area contributed by atoms with Gasteiger partial charge < -0.3 is 15.7 Å². The van der Waals surface area contributed by atoms with E-state index in [4.69, 9.17) is 18.0 Å². The predicted molar refractivity (Wildman–Crippen MR) is 74.7 cm³/mol. The zero-order chi connectivity index (χ0) is 12.7. The van der Waals surface area contributed by atoms with Crippen molar-refractivity contribution < 1.29 is 5.11 Å². The fourth-order valence-corrected chi connectivity index (χ4v) is 3.51. The van der Waals surface area contributed by atoms with Crippen LogP contribution in [0.3, 0.4) is 0 Å². The molecule has 2 bridgehead atoms. The molecule has 96 valence electrons. The lowest BCUT2D eigenvalue weighted by Crippen LogP contribution is -2.45. The molecule has 0 amide bonds. The summed E-state index contributed by atoms with van der Waals surface area (Å²) in [5.41, 5.74) is 7.72. The lowest BCUT2D eigenvalue weighted by molar-refractivity contribution is 0.126. The first-order valence-corrected chi connectivity index (χ1v) is 6.78. The van der Waals surface area contributed by atoms with Crippen molar-refractivity contribution in [2.75, 3.05) is 4.90 Å². The van der Waals surface area contributed by atoms with E-state index in [1.54, 1.807) is 6.20 Å². The second-order valence-electron chi connectivity index (χ2n) is 5.17. The molecule has 1 aromatic rings. The molecule has 0 radical (unpaired) electrons. The molecule has 5 heteroatoms. The van der Waals surface area contributed by atoms with Crippen molar-refractivity contribution in [2.45, 2.75) is 43.9 Å². The summed E-state index contributed by atoms with van der Waals surface area (Å²) in [6, 6.07) is 2.68. The normalized spacial score (nSPS) is 30.5. The van der Waals surface area contributed by atoms with Gasteiger partial charge in [-0.05, 0) is 31.7 Å². The molecule has 4 nitrogen and oxygen atoms in total. The molecule has 0 spiro atoms. The lowest BCUT2D eigenvalue weighted by atomic mass is 9.98. The van der Waals surface area contributed by atoms with Crippen molar-refractivity contribution in [2.24, 2.45) is 5.73 Å². The van der Waals surface area contributed by atoms with Crippen LogP contribution in [-0.4, -0.2) is 33.3 Å². The Morgan fingerprint density at radius 2 is 2.06 bits per heavy atom. The van der Waals surface area contributed by atoms with Crippen LogP contribution < -0.4 is 10.6 Å². The quantitative estimate of drug-likeness (QED) is 0.785. The first-order chi connectivity index (χ1) is 8.66. The number of rotatable bonds is 2. The van der Waals surface area contributed by atoms with Crippen LogP contribution in [0.2, 0.25) is 0 Å². The summed E-state index contributed by atoms with van der Waals surface area (Å²) in [6.45, 7) is 0. The van der Waals surface area contributed by atoms with Gasteiger partial charge >= 0.3 is 0 Å². The van der Waals surface area contributed by atoms with E-state index in [1.165, 1.54) is 0 Å². The Morgan fingerprint density at radius 3 is 2.67 bits per heavy atom. The number of aliphatic hydroxyl groups excluding tert-OH is 1. The highest BCUT2D eigenvalue weighted by Crippen LogP contribution is 2.40. The lowest BCUT2D eigenvalue weighted by Gasteiger charge is -2.39. The van der Waals surface area contributed by atoms with Gasteiger partial charge in [0.25, 0.3) is 0 Å². The number of anilines is 1. The van der Waals surface area contributed by atoms with E-state index in [-0.39, 0.29) is 6.10 Å². The molecule has 2 aliphatic rings. The van der Waals surface area contributed by atoms with Gasteiger partial charge in [-0.2, -0.15) is 0 Å². The Morgan fingerprint density at radius 1 is 1.39 bits per heavy atom. The van der Waals surface area contributed by atoms with Gasteiger partial charge in [-0.3, -0.25) is 4.98 Å². The number of pyridine rings is 1. The highest BCUT2D eigenvalue weighted by atomic mass is 32.1. The van der Waals surface area contributed by atoms with Gasteiger partial charge in [0, 0.05) is 23.8 Å². The molecule has 0 aromatic carbocycles. The smallest absolute Gasteiger partial charge is 0.106 e. The number of fused-ring (bicyclic) bond motifs is 2. The summed E-state index contributed by atoms with van der Waals surface area (Å²) in [4.78, 5) is 6.98. The van der Waals surface area contributed by atoms with Crippen LogP contribution in [0, 0.1) is 0 Å². The maximum Gasteiger partial charge on any atom is 0.106 e. The summed E-state index contributed by atoms with van der Waals surface area (Å²) in [7, 11) is 0.